The number of esters is 1. The molecule has 0 aromatic carbocycles. The molecule has 2 heterocycles. The van der Waals surface area contributed by atoms with Gasteiger partial charge in [0.25, 0.3) is 0 Å². The molecule has 24 heavy (non-hydrogen) atoms. The lowest BCUT2D eigenvalue weighted by molar-refractivity contribution is -0.141. The Morgan fingerprint density at radius 3 is 2.71 bits per heavy atom. The van der Waals surface area contributed by atoms with Gasteiger partial charge in [0.15, 0.2) is 5.69 Å². The van der Waals surface area contributed by atoms with Crippen LogP contribution in [0.4, 0.5) is 13.2 Å². The number of amides is 1. The van der Waals surface area contributed by atoms with Crippen molar-refractivity contribution < 1.29 is 31.9 Å². The van der Waals surface area contributed by atoms with Crippen molar-refractivity contribution in [2.24, 2.45) is 0 Å². The highest BCUT2D eigenvalue weighted by molar-refractivity contribution is 5.90. The molecule has 2 rings (SSSR count). The van der Waals surface area contributed by atoms with Gasteiger partial charge in [-0.25, -0.2) is 4.79 Å². The summed E-state index contributed by atoms with van der Waals surface area (Å²) in [5.74, 6) is -0.462. The number of alkyl halides is 3. The van der Waals surface area contributed by atoms with Gasteiger partial charge >= 0.3 is 12.1 Å². The SMILES string of the molecule is COC(=O)c1cc(CNC(=O)Cn2ccc(C(F)(F)F)n2)oc1C. The molecule has 0 bridgehead atoms. The van der Waals surface area contributed by atoms with Gasteiger partial charge in [0.1, 0.15) is 23.6 Å². The Kier molecular flexibility index (Phi) is 4.96. The van der Waals surface area contributed by atoms with Crippen molar-refractivity contribution in [3.8, 4) is 0 Å². The number of aromatic nitrogens is 2. The largest absolute Gasteiger partial charge is 0.465 e. The molecule has 1 N–H and O–H groups in total. The number of nitrogens with zero attached hydrogens (tertiary/aromatic N) is 2. The highest BCUT2D eigenvalue weighted by Crippen LogP contribution is 2.27. The Morgan fingerprint density at radius 1 is 1.42 bits per heavy atom. The Morgan fingerprint density at radius 2 is 2.12 bits per heavy atom. The first-order chi connectivity index (χ1) is 11.2. The number of halogens is 3. The quantitative estimate of drug-likeness (QED) is 0.837. The van der Waals surface area contributed by atoms with E-state index < -0.39 is 23.7 Å². The fourth-order valence-corrected chi connectivity index (χ4v) is 1.93. The molecule has 0 saturated carbocycles. The Bertz CT molecular complexity index is 749. The summed E-state index contributed by atoms with van der Waals surface area (Å²) >= 11 is 0. The number of furan rings is 1. The number of hydrogen-bond donors (Lipinski definition) is 1. The number of nitrogens with one attached hydrogen (secondary N) is 1. The molecule has 0 atom stereocenters. The molecule has 0 unspecified atom stereocenters. The average Bonchev–Trinajstić information content (AvgIpc) is 3.11. The Labute approximate surface area is 134 Å². The number of rotatable bonds is 5. The summed E-state index contributed by atoms with van der Waals surface area (Å²) in [6.07, 6.45) is -3.49. The third kappa shape index (κ3) is 4.15. The number of hydrogen-bond acceptors (Lipinski definition) is 5. The van der Waals surface area contributed by atoms with Gasteiger partial charge in [-0.15, -0.1) is 0 Å². The maximum absolute atomic E-state index is 12.4. The van der Waals surface area contributed by atoms with Crippen LogP contribution < -0.4 is 5.32 Å². The van der Waals surface area contributed by atoms with Gasteiger partial charge in [-0.1, -0.05) is 0 Å². The highest BCUT2D eigenvalue weighted by Gasteiger charge is 2.33. The highest BCUT2D eigenvalue weighted by atomic mass is 19.4. The van der Waals surface area contributed by atoms with E-state index in [1.165, 1.54) is 13.2 Å². The predicted octanol–water partition coefficient (Wildman–Crippen LogP) is 1.91. The van der Waals surface area contributed by atoms with Gasteiger partial charge < -0.3 is 14.5 Å². The van der Waals surface area contributed by atoms with Crippen molar-refractivity contribution in [3.05, 3.63) is 41.1 Å². The molecule has 0 aliphatic rings. The minimum Gasteiger partial charge on any atom is -0.465 e. The molecule has 0 spiro atoms. The van der Waals surface area contributed by atoms with E-state index >= 15 is 0 Å². The van der Waals surface area contributed by atoms with Crippen molar-refractivity contribution in [1.82, 2.24) is 15.1 Å². The van der Waals surface area contributed by atoms with Crippen molar-refractivity contribution in [2.45, 2.75) is 26.2 Å². The molecule has 10 heteroatoms. The zero-order valence-corrected chi connectivity index (χ0v) is 12.8. The molecule has 7 nitrogen and oxygen atoms in total. The van der Waals surface area contributed by atoms with Crippen molar-refractivity contribution in [1.29, 1.82) is 0 Å². The van der Waals surface area contributed by atoms with Crippen LogP contribution in [-0.4, -0.2) is 28.8 Å². The molecule has 0 aliphatic carbocycles. The normalized spacial score (nSPS) is 11.4. The van der Waals surface area contributed by atoms with Gasteiger partial charge in [0, 0.05) is 6.20 Å². The minimum absolute atomic E-state index is 0.0237. The summed E-state index contributed by atoms with van der Waals surface area (Å²) in [6, 6.07) is 2.21. The molecular weight excluding hydrogens is 331 g/mol. The van der Waals surface area contributed by atoms with E-state index in [-0.39, 0.29) is 18.7 Å². The molecular formula is C14H14F3N3O4. The standard InChI is InChI=1S/C14H14F3N3O4/c1-8-10(13(22)23-2)5-9(24-8)6-18-12(21)7-20-4-3-11(19-20)14(15,16)17/h3-5H,6-7H2,1-2H3,(H,18,21). The summed E-state index contributed by atoms with van der Waals surface area (Å²) in [5.41, 5.74) is -0.830. The fraction of sp³-hybridized carbons (Fsp3) is 0.357. The molecule has 0 aliphatic heterocycles. The van der Waals surface area contributed by atoms with Crippen LogP contribution in [0.1, 0.15) is 27.6 Å². The van der Waals surface area contributed by atoms with E-state index in [1.54, 1.807) is 6.92 Å². The number of methoxy groups -OCH3 is 1. The maximum atomic E-state index is 12.4. The number of ether oxygens (including phenoxy) is 1. The first-order valence-corrected chi connectivity index (χ1v) is 6.75. The first-order valence-electron chi connectivity index (χ1n) is 6.75. The molecule has 2 aromatic heterocycles. The molecule has 1 amide bonds. The summed E-state index contributed by atoms with van der Waals surface area (Å²) in [6.45, 7) is 1.17. The topological polar surface area (TPSA) is 86.4 Å². The van der Waals surface area contributed by atoms with Gasteiger partial charge in [-0.3, -0.25) is 9.48 Å². The van der Waals surface area contributed by atoms with Crippen molar-refractivity contribution in [3.63, 3.8) is 0 Å². The number of carbonyl (C=O) groups is 2. The maximum Gasteiger partial charge on any atom is 0.435 e. The fourth-order valence-electron chi connectivity index (χ4n) is 1.93. The molecule has 130 valence electrons. The number of aryl methyl sites for hydroxylation is 1. The van der Waals surface area contributed by atoms with E-state index in [9.17, 15) is 22.8 Å². The number of carbonyl (C=O) groups excluding carboxylic acids is 2. The molecule has 2 aromatic rings. The van der Waals surface area contributed by atoms with Crippen LogP contribution in [0.15, 0.2) is 22.7 Å². The van der Waals surface area contributed by atoms with Crippen LogP contribution in [-0.2, 0) is 28.8 Å². The summed E-state index contributed by atoms with van der Waals surface area (Å²) < 4.78 is 48.0. The van der Waals surface area contributed by atoms with E-state index in [0.717, 1.165) is 16.9 Å². The molecule has 0 radical (unpaired) electrons. The zero-order valence-electron chi connectivity index (χ0n) is 12.8. The van der Waals surface area contributed by atoms with Crippen LogP contribution in [0.2, 0.25) is 0 Å². The van der Waals surface area contributed by atoms with Crippen LogP contribution in [0.3, 0.4) is 0 Å². The second-order valence-corrected chi connectivity index (χ2v) is 4.85. The van der Waals surface area contributed by atoms with Crippen molar-refractivity contribution in [2.75, 3.05) is 7.11 Å². The summed E-state index contributed by atoms with van der Waals surface area (Å²) in [4.78, 5) is 23.2. The predicted molar refractivity (Wildman–Crippen MR) is 73.9 cm³/mol. The van der Waals surface area contributed by atoms with Crippen LogP contribution in [0.25, 0.3) is 0 Å². The second-order valence-electron chi connectivity index (χ2n) is 4.85. The summed E-state index contributed by atoms with van der Waals surface area (Å²) in [5, 5.41) is 5.74. The first kappa shape index (κ1) is 17.6. The average molecular weight is 345 g/mol. The molecule has 0 fully saturated rings. The minimum atomic E-state index is -4.56. The van der Waals surface area contributed by atoms with E-state index in [1.807, 2.05) is 0 Å². The van der Waals surface area contributed by atoms with E-state index in [0.29, 0.717) is 11.5 Å². The third-order valence-electron chi connectivity index (χ3n) is 3.07. The van der Waals surface area contributed by atoms with E-state index in [2.05, 4.69) is 15.2 Å². The van der Waals surface area contributed by atoms with E-state index in [4.69, 9.17) is 4.42 Å². The lowest BCUT2D eigenvalue weighted by Crippen LogP contribution is -2.27. The zero-order chi connectivity index (χ0) is 17.9. The second kappa shape index (κ2) is 6.77. The Balaban J connectivity index is 1.92. The smallest absolute Gasteiger partial charge is 0.435 e. The van der Waals surface area contributed by atoms with Crippen LogP contribution in [0, 0.1) is 6.92 Å². The lowest BCUT2D eigenvalue weighted by atomic mass is 10.2. The molecule has 0 saturated heterocycles. The Hall–Kier alpha value is -2.78. The monoisotopic (exact) mass is 345 g/mol. The van der Waals surface area contributed by atoms with Gasteiger partial charge in [0.05, 0.1) is 13.7 Å². The van der Waals surface area contributed by atoms with Gasteiger partial charge in [0.2, 0.25) is 5.91 Å². The lowest BCUT2D eigenvalue weighted by Gasteiger charge is -2.04. The van der Waals surface area contributed by atoms with Gasteiger partial charge in [-0.05, 0) is 19.1 Å². The third-order valence-corrected chi connectivity index (χ3v) is 3.07. The summed E-state index contributed by atoms with van der Waals surface area (Å²) in [7, 11) is 1.23. The van der Waals surface area contributed by atoms with Crippen molar-refractivity contribution >= 4 is 11.9 Å². The van der Waals surface area contributed by atoms with Gasteiger partial charge in [-0.2, -0.15) is 18.3 Å². The van der Waals surface area contributed by atoms with Crippen LogP contribution >= 0.6 is 0 Å². The van der Waals surface area contributed by atoms with Crippen LogP contribution in [0.5, 0.6) is 0 Å².